The van der Waals surface area contributed by atoms with Crippen LogP contribution >= 0.6 is 0 Å². The van der Waals surface area contributed by atoms with E-state index in [1.165, 1.54) is 56.9 Å². The molecule has 0 bridgehead atoms. The number of aliphatic hydroxyl groups excluding tert-OH is 2. The third-order valence-corrected chi connectivity index (χ3v) is 7.98. The Balaban J connectivity index is 1.67. The monoisotopic (exact) mass is 556 g/mol. The Bertz CT molecular complexity index is 866. The Morgan fingerprint density at radius 3 is 2.12 bits per heavy atom. The third kappa shape index (κ3) is 13.2. The van der Waals surface area contributed by atoms with E-state index in [0.717, 1.165) is 44.0 Å². The number of ether oxygens (including phenoxy) is 3. The predicted molar refractivity (Wildman–Crippen MR) is 161 cm³/mol. The van der Waals surface area contributed by atoms with Gasteiger partial charge in [-0.05, 0) is 68.1 Å². The molecule has 1 saturated carbocycles. The molecule has 0 heterocycles. The van der Waals surface area contributed by atoms with E-state index in [0.29, 0.717) is 23.9 Å². The van der Waals surface area contributed by atoms with E-state index >= 15 is 0 Å². The minimum Gasteiger partial charge on any atom is -0.494 e. The zero-order valence-electron chi connectivity index (χ0n) is 24.7. The fourth-order valence-electron chi connectivity index (χ4n) is 5.16. The van der Waals surface area contributed by atoms with E-state index in [-0.39, 0.29) is 24.7 Å². The Morgan fingerprint density at radius 1 is 0.875 bits per heavy atom. The highest BCUT2D eigenvalue weighted by Gasteiger charge is 2.23. The molecule has 1 aromatic rings. The summed E-state index contributed by atoms with van der Waals surface area (Å²) in [7, 11) is 0. The van der Waals surface area contributed by atoms with Crippen LogP contribution in [-0.4, -0.2) is 49.2 Å². The highest BCUT2D eigenvalue weighted by Crippen LogP contribution is 2.35. The summed E-state index contributed by atoms with van der Waals surface area (Å²) in [5.41, 5.74) is 1.86. The molecule has 0 aromatic heterocycles. The average molecular weight is 557 g/mol. The Labute approximate surface area is 242 Å². The maximum Gasteiger partial charge on any atom is 0.335 e. The number of unbranched alkanes of at least 4 members (excludes halogenated alkanes) is 2. The number of esters is 1. The van der Waals surface area contributed by atoms with Gasteiger partial charge in [0.2, 0.25) is 0 Å². The smallest absolute Gasteiger partial charge is 0.335 e. The topological polar surface area (TPSA) is 85.2 Å². The minimum atomic E-state index is -0.588. The van der Waals surface area contributed by atoms with Crippen molar-refractivity contribution in [3.63, 3.8) is 0 Å². The molecule has 6 heteroatoms. The first kappa shape index (κ1) is 33.6. The van der Waals surface area contributed by atoms with E-state index < -0.39 is 12.6 Å². The molecule has 2 N–H and O–H groups in total. The molecule has 0 spiro atoms. The lowest BCUT2D eigenvalue weighted by atomic mass is 9.77. The van der Waals surface area contributed by atoms with Crippen LogP contribution < -0.4 is 4.74 Å². The summed E-state index contributed by atoms with van der Waals surface area (Å²) >= 11 is 0. The maximum absolute atomic E-state index is 12.0. The van der Waals surface area contributed by atoms with E-state index in [2.05, 4.69) is 50.9 Å². The molecular weight excluding hydrogens is 504 g/mol. The summed E-state index contributed by atoms with van der Waals surface area (Å²) in [6.45, 7) is 14.0. The zero-order chi connectivity index (χ0) is 29.2. The summed E-state index contributed by atoms with van der Waals surface area (Å²) in [6.07, 6.45) is 14.1. The largest absolute Gasteiger partial charge is 0.494 e. The average Bonchev–Trinajstić information content (AvgIpc) is 2.99. The zero-order valence-corrected chi connectivity index (χ0v) is 24.7. The van der Waals surface area contributed by atoms with Crippen LogP contribution in [0.25, 0.3) is 0 Å². The van der Waals surface area contributed by atoms with E-state index in [1.54, 1.807) is 0 Å². The van der Waals surface area contributed by atoms with Crippen LogP contribution in [0.15, 0.2) is 60.9 Å². The number of hydrogen-bond donors (Lipinski definition) is 2. The normalized spacial score (nSPS) is 17.6. The lowest BCUT2D eigenvalue weighted by molar-refractivity contribution is -0.141. The summed E-state index contributed by atoms with van der Waals surface area (Å²) in [5.74, 6) is 2.14. The van der Waals surface area contributed by atoms with Crippen molar-refractivity contribution in [2.24, 2.45) is 17.8 Å². The van der Waals surface area contributed by atoms with Gasteiger partial charge in [-0.25, -0.2) is 4.79 Å². The van der Waals surface area contributed by atoms with Gasteiger partial charge in [-0.2, -0.15) is 0 Å². The second-order valence-electron chi connectivity index (χ2n) is 11.3. The van der Waals surface area contributed by atoms with Gasteiger partial charge in [0, 0.05) is 11.5 Å². The second kappa shape index (κ2) is 19.5. The quantitative estimate of drug-likeness (QED) is 0.0560. The van der Waals surface area contributed by atoms with Crippen molar-refractivity contribution in [2.45, 2.75) is 84.0 Å². The van der Waals surface area contributed by atoms with Gasteiger partial charge in [0.1, 0.15) is 11.5 Å². The summed E-state index contributed by atoms with van der Waals surface area (Å²) in [4.78, 5) is 12.0. The SMILES string of the molecule is C=C(CO)C(=C)OCC(CCC1CCC(CCCOc2ccc(CCCCC)cc2)CC1)COC(=O)C(=C)CO. The number of carbonyl (C=O) groups excluding carboxylic acids is 1. The molecule has 0 saturated heterocycles. The van der Waals surface area contributed by atoms with Crippen LogP contribution in [-0.2, 0) is 20.7 Å². The van der Waals surface area contributed by atoms with Crippen LogP contribution in [0.5, 0.6) is 5.75 Å². The van der Waals surface area contributed by atoms with E-state index in [4.69, 9.17) is 19.3 Å². The lowest BCUT2D eigenvalue weighted by Gasteiger charge is -2.29. The highest BCUT2D eigenvalue weighted by molar-refractivity contribution is 5.87. The second-order valence-corrected chi connectivity index (χ2v) is 11.3. The first-order valence-corrected chi connectivity index (χ1v) is 15.1. The molecule has 1 atom stereocenters. The van der Waals surface area contributed by atoms with Crippen LogP contribution in [0.3, 0.4) is 0 Å². The molecular formula is C34H52O6. The molecule has 0 radical (unpaired) electrons. The number of aliphatic hydroxyl groups is 2. The predicted octanol–water partition coefficient (Wildman–Crippen LogP) is 6.95. The summed E-state index contributed by atoms with van der Waals surface area (Å²) < 4.78 is 17.1. The van der Waals surface area contributed by atoms with Gasteiger partial charge in [-0.15, -0.1) is 0 Å². The van der Waals surface area contributed by atoms with Gasteiger partial charge in [-0.3, -0.25) is 0 Å². The first-order chi connectivity index (χ1) is 19.4. The van der Waals surface area contributed by atoms with Crippen molar-refractivity contribution in [2.75, 3.05) is 33.0 Å². The van der Waals surface area contributed by atoms with Gasteiger partial charge < -0.3 is 24.4 Å². The van der Waals surface area contributed by atoms with Crippen molar-refractivity contribution >= 4 is 5.97 Å². The molecule has 1 aromatic carbocycles. The summed E-state index contributed by atoms with van der Waals surface area (Å²) in [5, 5.41) is 18.4. The molecule has 2 rings (SSSR count). The number of rotatable bonds is 21. The summed E-state index contributed by atoms with van der Waals surface area (Å²) in [6, 6.07) is 8.60. The Kier molecular flexibility index (Phi) is 16.4. The van der Waals surface area contributed by atoms with Gasteiger partial charge >= 0.3 is 5.97 Å². The molecule has 1 unspecified atom stereocenters. The minimum absolute atomic E-state index is 0.0148. The van der Waals surface area contributed by atoms with Crippen LogP contribution in [0.4, 0.5) is 0 Å². The van der Waals surface area contributed by atoms with Gasteiger partial charge in [-0.1, -0.05) is 77.3 Å². The fraction of sp³-hybridized carbons (Fsp3) is 0.618. The van der Waals surface area contributed by atoms with Gasteiger partial charge in [0.15, 0.2) is 0 Å². The molecule has 224 valence electrons. The highest BCUT2D eigenvalue weighted by atomic mass is 16.5. The molecule has 40 heavy (non-hydrogen) atoms. The molecule has 0 amide bonds. The van der Waals surface area contributed by atoms with Crippen LogP contribution in [0.2, 0.25) is 0 Å². The number of benzene rings is 1. The van der Waals surface area contributed by atoms with Gasteiger partial charge in [0.25, 0.3) is 0 Å². The molecule has 1 aliphatic rings. The first-order valence-electron chi connectivity index (χ1n) is 15.1. The van der Waals surface area contributed by atoms with Crippen LogP contribution in [0.1, 0.15) is 83.1 Å². The Morgan fingerprint density at radius 2 is 1.50 bits per heavy atom. The van der Waals surface area contributed by atoms with Gasteiger partial charge in [0.05, 0.1) is 38.6 Å². The van der Waals surface area contributed by atoms with Crippen molar-refractivity contribution in [3.8, 4) is 5.75 Å². The van der Waals surface area contributed by atoms with E-state index in [1.807, 2.05) is 0 Å². The molecule has 1 fully saturated rings. The lowest BCUT2D eigenvalue weighted by Crippen LogP contribution is -2.22. The van der Waals surface area contributed by atoms with Crippen molar-refractivity contribution in [1.82, 2.24) is 0 Å². The van der Waals surface area contributed by atoms with Crippen molar-refractivity contribution in [3.05, 3.63) is 66.5 Å². The molecule has 6 nitrogen and oxygen atoms in total. The Hall–Kier alpha value is -2.57. The standard InChI is InChI=1S/C34H52O6/c1-5-6-7-9-29-17-19-33(20-18-29)38-21-8-10-30-11-13-31(14-12-30)15-16-32(24-39-28(4)26(2)22-35)25-40-34(37)27(3)23-36/h17-20,30-32,35-36H,2-16,21-25H2,1H3. The number of hydrogen-bond acceptors (Lipinski definition) is 6. The molecule has 1 aliphatic carbocycles. The maximum atomic E-state index is 12.0. The van der Waals surface area contributed by atoms with E-state index in [9.17, 15) is 9.90 Å². The molecule has 0 aliphatic heterocycles. The fourth-order valence-corrected chi connectivity index (χ4v) is 5.16. The number of carbonyl (C=O) groups is 1. The van der Waals surface area contributed by atoms with Crippen molar-refractivity contribution in [1.29, 1.82) is 0 Å². The number of aryl methyl sites for hydroxylation is 1. The van der Waals surface area contributed by atoms with Crippen LogP contribution in [0, 0.1) is 17.8 Å². The third-order valence-electron chi connectivity index (χ3n) is 7.98. The van der Waals surface area contributed by atoms with Crippen molar-refractivity contribution < 1.29 is 29.2 Å².